The third-order valence-electron chi connectivity index (χ3n) is 5.47. The predicted molar refractivity (Wildman–Crippen MR) is 86.8 cm³/mol. The molecule has 0 aromatic rings. The van der Waals surface area contributed by atoms with Crippen molar-refractivity contribution in [2.24, 2.45) is 23.0 Å². The van der Waals surface area contributed by atoms with Gasteiger partial charge in [0.25, 0.3) is 0 Å². The lowest BCUT2D eigenvalue weighted by Crippen LogP contribution is -2.52. The molecule has 4 rings (SSSR count). The Balaban J connectivity index is 1.84. The van der Waals surface area contributed by atoms with Crippen LogP contribution < -0.4 is 11.1 Å². The number of ketones is 1. The average Bonchev–Trinajstić information content (AvgIpc) is 2.90. The van der Waals surface area contributed by atoms with Crippen molar-refractivity contribution >= 4 is 17.6 Å². The Morgan fingerprint density at radius 2 is 2.12 bits per heavy atom. The molecule has 1 fully saturated rings. The van der Waals surface area contributed by atoms with Crippen LogP contribution in [0.5, 0.6) is 0 Å². The number of carbonyl (C=O) groups is 3. The fourth-order valence-electron chi connectivity index (χ4n) is 4.49. The second-order valence-electron chi connectivity index (χ2n) is 6.62. The maximum absolute atomic E-state index is 12.9. The first-order valence-corrected chi connectivity index (χ1v) is 8.20. The number of rotatable bonds is 2. The van der Waals surface area contributed by atoms with Crippen molar-refractivity contribution < 1.29 is 14.4 Å². The molecule has 0 bridgehead atoms. The fourth-order valence-corrected chi connectivity index (χ4v) is 4.49. The van der Waals surface area contributed by atoms with Crippen molar-refractivity contribution in [2.45, 2.75) is 19.3 Å². The van der Waals surface area contributed by atoms with Crippen LogP contribution in [0.4, 0.5) is 0 Å². The highest BCUT2D eigenvalue weighted by Crippen LogP contribution is 2.57. The molecule has 3 atom stereocenters. The Morgan fingerprint density at radius 3 is 2.88 bits per heavy atom. The summed E-state index contributed by atoms with van der Waals surface area (Å²) >= 11 is 0. The van der Waals surface area contributed by atoms with E-state index >= 15 is 0 Å². The lowest BCUT2D eigenvalue weighted by Gasteiger charge is -2.45. The number of hydrogen-bond donors (Lipinski definition) is 2. The normalized spacial score (nSPS) is 34.5. The van der Waals surface area contributed by atoms with Gasteiger partial charge in [-0.2, -0.15) is 0 Å². The van der Waals surface area contributed by atoms with E-state index in [9.17, 15) is 14.4 Å². The van der Waals surface area contributed by atoms with Crippen LogP contribution in [-0.2, 0) is 14.4 Å². The summed E-state index contributed by atoms with van der Waals surface area (Å²) in [6, 6.07) is 0. The molecule has 6 heteroatoms. The van der Waals surface area contributed by atoms with Crippen LogP contribution in [0.3, 0.4) is 0 Å². The summed E-state index contributed by atoms with van der Waals surface area (Å²) in [5.41, 5.74) is 7.18. The number of amides is 2. The number of imide groups is 1. The van der Waals surface area contributed by atoms with E-state index < -0.39 is 17.3 Å². The molecule has 0 aromatic carbocycles. The zero-order valence-electron chi connectivity index (χ0n) is 13.2. The Morgan fingerprint density at radius 1 is 1.29 bits per heavy atom. The SMILES string of the molecule is NCN1C=C2C=CC=CC23C1=CCC(=O)C3C1CCC(=O)NC1=O. The summed E-state index contributed by atoms with van der Waals surface area (Å²) in [6.07, 6.45) is 12.7. The summed E-state index contributed by atoms with van der Waals surface area (Å²) in [4.78, 5) is 38.8. The van der Waals surface area contributed by atoms with Gasteiger partial charge in [-0.05, 0) is 12.0 Å². The first-order valence-electron chi connectivity index (χ1n) is 8.20. The molecular formula is C18H19N3O3. The molecule has 1 saturated heterocycles. The van der Waals surface area contributed by atoms with E-state index in [-0.39, 0.29) is 30.4 Å². The summed E-state index contributed by atoms with van der Waals surface area (Å²) < 4.78 is 0. The minimum atomic E-state index is -0.647. The van der Waals surface area contributed by atoms with E-state index in [0.29, 0.717) is 13.1 Å². The van der Waals surface area contributed by atoms with Gasteiger partial charge in [-0.15, -0.1) is 0 Å². The van der Waals surface area contributed by atoms with Crippen LogP contribution >= 0.6 is 0 Å². The number of carbonyl (C=O) groups excluding carboxylic acids is 3. The third-order valence-corrected chi connectivity index (χ3v) is 5.47. The molecular weight excluding hydrogens is 306 g/mol. The maximum Gasteiger partial charge on any atom is 0.230 e. The summed E-state index contributed by atoms with van der Waals surface area (Å²) in [5, 5.41) is 2.40. The van der Waals surface area contributed by atoms with Crippen molar-refractivity contribution in [1.82, 2.24) is 10.2 Å². The molecule has 1 spiro atoms. The first-order chi connectivity index (χ1) is 11.6. The van der Waals surface area contributed by atoms with Crippen molar-refractivity contribution in [3.63, 3.8) is 0 Å². The highest BCUT2D eigenvalue weighted by Gasteiger charge is 2.57. The van der Waals surface area contributed by atoms with E-state index in [4.69, 9.17) is 5.73 Å². The number of nitrogens with two attached hydrogens (primary N) is 1. The second-order valence-corrected chi connectivity index (χ2v) is 6.62. The molecule has 2 aliphatic heterocycles. The standard InChI is InChI=1S/C18H19N3O3/c19-10-21-9-11-3-1-2-8-18(11)14(21)6-5-13(22)16(18)12-4-7-15(23)20-17(12)24/h1-3,6,8-9,12,16H,4-5,7,10,19H2,(H,20,23,24). The molecule has 4 aliphatic rings. The quantitative estimate of drug-likeness (QED) is 0.731. The molecule has 124 valence electrons. The fraction of sp³-hybridized carbons (Fsp3) is 0.389. The minimum Gasteiger partial charge on any atom is -0.337 e. The summed E-state index contributed by atoms with van der Waals surface area (Å²) in [7, 11) is 0. The van der Waals surface area contributed by atoms with Gasteiger partial charge in [0.15, 0.2) is 0 Å². The Bertz CT molecular complexity index is 761. The predicted octanol–water partition coefficient (Wildman–Crippen LogP) is 0.740. The Hall–Kier alpha value is -2.47. The van der Waals surface area contributed by atoms with Gasteiger partial charge in [-0.25, -0.2) is 0 Å². The molecule has 2 heterocycles. The van der Waals surface area contributed by atoms with Gasteiger partial charge in [-0.1, -0.05) is 30.4 Å². The first kappa shape index (κ1) is 15.1. The minimum absolute atomic E-state index is 0.0398. The summed E-state index contributed by atoms with van der Waals surface area (Å²) in [6.45, 7) is 0.315. The third kappa shape index (κ3) is 1.89. The van der Waals surface area contributed by atoms with Gasteiger partial charge in [0.1, 0.15) is 5.78 Å². The number of Topliss-reactive ketones (excluding diaryl/α,β-unsaturated/α-hetero) is 1. The van der Waals surface area contributed by atoms with Crippen LogP contribution in [0, 0.1) is 17.3 Å². The topological polar surface area (TPSA) is 92.5 Å². The van der Waals surface area contributed by atoms with Crippen molar-refractivity contribution in [1.29, 1.82) is 0 Å². The Labute approximate surface area is 139 Å². The zero-order valence-corrected chi connectivity index (χ0v) is 13.2. The number of nitrogens with zero attached hydrogens (tertiary/aromatic N) is 1. The average molecular weight is 325 g/mol. The lowest BCUT2D eigenvalue weighted by atomic mass is 9.58. The molecule has 3 unspecified atom stereocenters. The largest absolute Gasteiger partial charge is 0.337 e. The monoisotopic (exact) mass is 325 g/mol. The van der Waals surface area contributed by atoms with Gasteiger partial charge in [0.05, 0.1) is 18.0 Å². The van der Waals surface area contributed by atoms with Gasteiger partial charge in [0.2, 0.25) is 11.8 Å². The second kappa shape index (κ2) is 5.27. The molecule has 0 saturated carbocycles. The van der Waals surface area contributed by atoms with Crippen molar-refractivity contribution in [3.8, 4) is 0 Å². The number of hydrogen-bond acceptors (Lipinski definition) is 5. The van der Waals surface area contributed by atoms with Gasteiger partial charge >= 0.3 is 0 Å². The van der Waals surface area contributed by atoms with Gasteiger partial charge in [-0.3, -0.25) is 19.7 Å². The van der Waals surface area contributed by atoms with E-state index in [0.717, 1.165) is 11.3 Å². The molecule has 6 nitrogen and oxygen atoms in total. The highest BCUT2D eigenvalue weighted by molar-refractivity contribution is 6.02. The number of allylic oxidation sites excluding steroid dienone is 5. The smallest absolute Gasteiger partial charge is 0.230 e. The zero-order chi connectivity index (χ0) is 16.9. The van der Waals surface area contributed by atoms with Crippen molar-refractivity contribution in [2.75, 3.05) is 6.67 Å². The van der Waals surface area contributed by atoms with Gasteiger partial charge in [0, 0.05) is 30.7 Å². The molecule has 0 radical (unpaired) electrons. The number of nitrogens with one attached hydrogen (secondary N) is 1. The van der Waals surface area contributed by atoms with E-state index in [1.165, 1.54) is 0 Å². The van der Waals surface area contributed by atoms with Gasteiger partial charge < -0.3 is 10.6 Å². The lowest BCUT2D eigenvalue weighted by molar-refractivity contribution is -0.143. The van der Waals surface area contributed by atoms with Crippen LogP contribution in [0.2, 0.25) is 0 Å². The van der Waals surface area contributed by atoms with Crippen LogP contribution in [0.25, 0.3) is 0 Å². The summed E-state index contributed by atoms with van der Waals surface area (Å²) in [5.74, 6) is -1.57. The van der Waals surface area contributed by atoms with Crippen LogP contribution in [0.1, 0.15) is 19.3 Å². The molecule has 24 heavy (non-hydrogen) atoms. The van der Waals surface area contributed by atoms with Crippen molar-refractivity contribution in [3.05, 3.63) is 47.9 Å². The Kier molecular flexibility index (Phi) is 3.31. The highest BCUT2D eigenvalue weighted by atomic mass is 16.2. The molecule has 0 aromatic heterocycles. The van der Waals surface area contributed by atoms with E-state index in [1.807, 2.05) is 41.5 Å². The van der Waals surface area contributed by atoms with Crippen LogP contribution in [-0.4, -0.2) is 29.2 Å². The number of piperidine rings is 1. The van der Waals surface area contributed by atoms with E-state index in [2.05, 4.69) is 5.32 Å². The van der Waals surface area contributed by atoms with Crippen LogP contribution in [0.15, 0.2) is 47.9 Å². The molecule has 2 amide bonds. The molecule has 3 N–H and O–H groups in total. The van der Waals surface area contributed by atoms with E-state index in [1.54, 1.807) is 0 Å². The molecule has 2 aliphatic carbocycles. The maximum atomic E-state index is 12.9.